The predicted octanol–water partition coefficient (Wildman–Crippen LogP) is 5.75. The highest BCUT2D eigenvalue weighted by molar-refractivity contribution is 6.30. The summed E-state index contributed by atoms with van der Waals surface area (Å²) in [5, 5.41) is 4.61. The van der Waals surface area contributed by atoms with Gasteiger partial charge in [-0.15, -0.1) is 0 Å². The zero-order chi connectivity index (χ0) is 23.4. The van der Waals surface area contributed by atoms with Crippen LogP contribution in [-0.4, -0.2) is 42.5 Å². The normalized spacial score (nSPS) is 17.8. The third kappa shape index (κ3) is 4.43. The highest BCUT2D eigenvalue weighted by Gasteiger charge is 2.52. The van der Waals surface area contributed by atoms with Crippen LogP contribution < -0.4 is 5.01 Å². The molecule has 172 valence electrons. The van der Waals surface area contributed by atoms with Gasteiger partial charge in [0.1, 0.15) is 5.41 Å². The topological polar surface area (TPSA) is 26.8 Å². The average Bonchev–Trinajstić information content (AvgIpc) is 3.10. The largest absolute Gasteiger partial charge is 0.304 e. The van der Waals surface area contributed by atoms with E-state index in [1.165, 1.54) is 0 Å². The van der Waals surface area contributed by atoms with Crippen molar-refractivity contribution in [3.63, 3.8) is 0 Å². The Balaban J connectivity index is 1.77. The van der Waals surface area contributed by atoms with Gasteiger partial charge in [-0.05, 0) is 60.9 Å². The summed E-state index contributed by atoms with van der Waals surface area (Å²) in [4.78, 5) is 16.8. The van der Waals surface area contributed by atoms with Gasteiger partial charge in [0.15, 0.2) is 0 Å². The van der Waals surface area contributed by atoms with E-state index < -0.39 is 5.41 Å². The molecule has 0 spiro atoms. The van der Waals surface area contributed by atoms with E-state index in [9.17, 15) is 4.79 Å². The zero-order valence-electron chi connectivity index (χ0n) is 19.7. The standard InChI is InChI=1S/C28H32ClN3O/c1-4-31(5-2)20-19-28(23-11-7-6-8-12-23)25-13-9-10-14-26(25)32(27(28)33)30(3)21-22-15-17-24(29)18-16-22/h6-18H,4-5,19-21H2,1-3H3/t28-/m1/s1. The molecule has 0 N–H and O–H groups in total. The van der Waals surface area contributed by atoms with E-state index in [0.29, 0.717) is 11.6 Å². The van der Waals surface area contributed by atoms with Crippen molar-refractivity contribution in [2.24, 2.45) is 0 Å². The molecule has 0 saturated heterocycles. The molecule has 3 aromatic rings. The summed E-state index contributed by atoms with van der Waals surface area (Å²) in [5.41, 5.74) is 3.48. The molecule has 4 rings (SSSR count). The highest BCUT2D eigenvalue weighted by atomic mass is 35.5. The molecule has 3 aromatic carbocycles. The summed E-state index contributed by atoms with van der Waals surface area (Å²) in [6.45, 7) is 7.76. The van der Waals surface area contributed by atoms with Gasteiger partial charge in [-0.2, -0.15) is 0 Å². The highest BCUT2D eigenvalue weighted by Crippen LogP contribution is 2.49. The number of amides is 1. The first kappa shape index (κ1) is 23.5. The Morgan fingerprint density at radius 2 is 1.52 bits per heavy atom. The monoisotopic (exact) mass is 461 g/mol. The number of halogens is 1. The molecule has 0 fully saturated rings. The van der Waals surface area contributed by atoms with Gasteiger partial charge < -0.3 is 4.90 Å². The van der Waals surface area contributed by atoms with E-state index in [0.717, 1.165) is 48.4 Å². The maximum absolute atomic E-state index is 14.4. The molecule has 1 aliphatic rings. The van der Waals surface area contributed by atoms with E-state index >= 15 is 0 Å². The van der Waals surface area contributed by atoms with E-state index in [2.05, 4.69) is 43.0 Å². The van der Waals surface area contributed by atoms with Crippen molar-refractivity contribution < 1.29 is 4.79 Å². The number of fused-ring (bicyclic) bond motifs is 1. The second-order valence-electron chi connectivity index (χ2n) is 8.62. The molecule has 1 aliphatic heterocycles. The van der Waals surface area contributed by atoms with Crippen LogP contribution in [0.1, 0.15) is 37.0 Å². The average molecular weight is 462 g/mol. The van der Waals surface area contributed by atoms with Gasteiger partial charge >= 0.3 is 0 Å². The van der Waals surface area contributed by atoms with Crippen LogP contribution in [0.2, 0.25) is 5.02 Å². The molecule has 0 aliphatic carbocycles. The molecular weight excluding hydrogens is 430 g/mol. The minimum absolute atomic E-state index is 0.110. The minimum Gasteiger partial charge on any atom is -0.304 e. The van der Waals surface area contributed by atoms with Crippen LogP contribution >= 0.6 is 11.6 Å². The lowest BCUT2D eigenvalue weighted by molar-refractivity contribution is -0.125. The van der Waals surface area contributed by atoms with Crippen LogP contribution in [0.15, 0.2) is 78.9 Å². The van der Waals surface area contributed by atoms with Crippen LogP contribution in [0.5, 0.6) is 0 Å². The minimum atomic E-state index is -0.714. The molecule has 0 saturated carbocycles. The summed E-state index contributed by atoms with van der Waals surface area (Å²) in [6, 6.07) is 26.3. The summed E-state index contributed by atoms with van der Waals surface area (Å²) < 4.78 is 0. The van der Waals surface area contributed by atoms with Crippen LogP contribution in [0.25, 0.3) is 0 Å². The van der Waals surface area contributed by atoms with Crippen molar-refractivity contribution in [3.05, 3.63) is 101 Å². The molecule has 0 unspecified atom stereocenters. The number of nitrogens with zero attached hydrogens (tertiary/aromatic N) is 3. The van der Waals surface area contributed by atoms with Crippen molar-refractivity contribution in [2.75, 3.05) is 31.7 Å². The fraction of sp³-hybridized carbons (Fsp3) is 0.321. The first-order valence-electron chi connectivity index (χ1n) is 11.7. The summed E-state index contributed by atoms with van der Waals surface area (Å²) in [5.74, 6) is 0.110. The summed E-state index contributed by atoms with van der Waals surface area (Å²) >= 11 is 6.07. The quantitative estimate of drug-likeness (QED) is 0.406. The number of hydrogen-bond acceptors (Lipinski definition) is 3. The lowest BCUT2D eigenvalue weighted by atomic mass is 9.72. The summed E-state index contributed by atoms with van der Waals surface area (Å²) in [7, 11) is 1.98. The van der Waals surface area contributed by atoms with Gasteiger partial charge in [0.2, 0.25) is 0 Å². The maximum atomic E-state index is 14.4. The van der Waals surface area contributed by atoms with Crippen molar-refractivity contribution in [2.45, 2.75) is 32.2 Å². The molecule has 0 radical (unpaired) electrons. The van der Waals surface area contributed by atoms with E-state index in [4.69, 9.17) is 11.6 Å². The number of carbonyl (C=O) groups excluding carboxylic acids is 1. The Hall–Kier alpha value is -2.66. The molecule has 0 aromatic heterocycles. The number of rotatable bonds is 9. The zero-order valence-corrected chi connectivity index (χ0v) is 20.4. The Kier molecular flexibility index (Phi) is 7.18. The molecule has 0 bridgehead atoms. The molecule has 33 heavy (non-hydrogen) atoms. The van der Waals surface area contributed by atoms with E-state index in [-0.39, 0.29) is 5.91 Å². The van der Waals surface area contributed by atoms with E-state index in [1.54, 1.807) is 0 Å². The molecule has 1 amide bonds. The van der Waals surface area contributed by atoms with Gasteiger partial charge in [0.05, 0.1) is 5.69 Å². The second kappa shape index (κ2) is 10.1. The third-order valence-electron chi connectivity index (χ3n) is 6.78. The molecule has 1 atom stereocenters. The smallest absolute Gasteiger partial charge is 0.256 e. The predicted molar refractivity (Wildman–Crippen MR) is 136 cm³/mol. The van der Waals surface area contributed by atoms with Gasteiger partial charge in [-0.3, -0.25) is 4.79 Å². The number of anilines is 1. The number of hydrazine groups is 1. The fourth-order valence-corrected chi connectivity index (χ4v) is 5.07. The maximum Gasteiger partial charge on any atom is 0.256 e. The van der Waals surface area contributed by atoms with Crippen molar-refractivity contribution in [3.8, 4) is 0 Å². The van der Waals surface area contributed by atoms with Crippen molar-refractivity contribution in [1.29, 1.82) is 0 Å². The van der Waals surface area contributed by atoms with Gasteiger partial charge in [0, 0.05) is 18.6 Å². The Morgan fingerprint density at radius 1 is 0.879 bits per heavy atom. The lowest BCUT2D eigenvalue weighted by Crippen LogP contribution is -2.49. The van der Waals surface area contributed by atoms with Gasteiger partial charge in [0.25, 0.3) is 5.91 Å². The van der Waals surface area contributed by atoms with Gasteiger partial charge in [-0.1, -0.05) is 86.1 Å². The Labute approximate surface area is 202 Å². The number of para-hydroxylation sites is 1. The molecule has 5 heteroatoms. The SMILES string of the molecule is CCN(CC)CC[C@]1(c2ccccc2)C(=O)N(N(C)Cc2ccc(Cl)cc2)c2ccccc21. The fourth-order valence-electron chi connectivity index (χ4n) is 4.94. The van der Waals surface area contributed by atoms with Crippen molar-refractivity contribution in [1.82, 2.24) is 9.91 Å². The Bertz CT molecular complexity index is 1080. The first-order valence-corrected chi connectivity index (χ1v) is 12.1. The van der Waals surface area contributed by atoms with E-state index in [1.807, 2.05) is 71.7 Å². The van der Waals surface area contributed by atoms with Crippen LogP contribution in [0, 0.1) is 0 Å². The summed E-state index contributed by atoms with van der Waals surface area (Å²) in [6.07, 6.45) is 0.736. The number of carbonyl (C=O) groups is 1. The molecule has 1 heterocycles. The van der Waals surface area contributed by atoms with Crippen LogP contribution in [0.3, 0.4) is 0 Å². The number of hydrogen-bond donors (Lipinski definition) is 0. The lowest BCUT2D eigenvalue weighted by Gasteiger charge is -2.34. The third-order valence-corrected chi connectivity index (χ3v) is 7.03. The second-order valence-corrected chi connectivity index (χ2v) is 9.06. The van der Waals surface area contributed by atoms with Gasteiger partial charge in [-0.25, -0.2) is 10.0 Å². The van der Waals surface area contributed by atoms with Crippen LogP contribution in [-0.2, 0) is 16.8 Å². The van der Waals surface area contributed by atoms with Crippen molar-refractivity contribution >= 4 is 23.2 Å². The molecular formula is C28H32ClN3O. The Morgan fingerprint density at radius 3 is 2.18 bits per heavy atom. The van der Waals surface area contributed by atoms with Crippen LogP contribution in [0.4, 0.5) is 5.69 Å². The molecule has 4 nitrogen and oxygen atoms in total. The first-order chi connectivity index (χ1) is 16.0. The number of benzene rings is 3.